The molecule has 556 valence electrons. The molecular formula is C80H126Fe2N8O9. The Kier molecular flexibility index (Phi) is 38.7. The van der Waals surface area contributed by atoms with Gasteiger partial charge in [-0.3, -0.25) is 38.7 Å². The van der Waals surface area contributed by atoms with E-state index >= 15 is 0 Å². The van der Waals surface area contributed by atoms with Crippen LogP contribution >= 0.6 is 0 Å². The Morgan fingerprint density at radius 2 is 1.01 bits per heavy atom. The van der Waals surface area contributed by atoms with Crippen LogP contribution in [0, 0.1) is 59.3 Å². The minimum Gasteiger partial charge on any atom is -0.506 e. The van der Waals surface area contributed by atoms with Crippen molar-refractivity contribution in [2.24, 2.45) is 27.8 Å². The number of carbonyl (C=O) groups is 4. The number of H-pyrrole nitrogens is 1. The van der Waals surface area contributed by atoms with Crippen molar-refractivity contribution < 1.29 is 63.5 Å². The first kappa shape index (κ1) is 93.0. The standard InChI is InChI=1S/C33H46N4O4.C21H34N2O.C12H14N2O4.2C5H10.4CH3.2Fe/c1-9-33(7,8)31(41)34-24-19-22(36(10-2)18-17-21-13-11-12-14-21)15-16-23(24)26-28(38)27(29(26)39)25-20(3)35-37(30(25)40)32(4,5)6;1-5-21(3,4)20(24)22-18-12-9-13-19(16-18)23(6-2)15-14-17-10-7-8-11-17;1-5-6(7-8(15)10(17)9(7)16)11(18)14(13-5)12(2,3)4;2*1-2-4-5-3-1;;;;;;/h15-16,19,21,38H,9-14,17-18H2,1-8H3,(H,34,41);9,12-13,16-17H,5-8,10-11,14-15H2,1-4H3,(H,22,24);13,15H,1-4H3;2*1-5H2;4*1H3;;/q;;;;;4*-1;2*+2. The Morgan fingerprint density at radius 1 is 0.566 bits per heavy atom. The van der Waals surface area contributed by atoms with Crippen LogP contribution in [0.4, 0.5) is 22.7 Å². The van der Waals surface area contributed by atoms with E-state index in [4.69, 9.17) is 0 Å². The van der Waals surface area contributed by atoms with Crippen LogP contribution in [-0.2, 0) is 58.9 Å². The Balaban J connectivity index is 0.00000140. The van der Waals surface area contributed by atoms with E-state index in [1.807, 2.05) is 100 Å². The van der Waals surface area contributed by atoms with E-state index in [0.29, 0.717) is 29.1 Å². The molecule has 4 fully saturated rings. The number of hydrogen-bond donors (Lipinski definition) is 5. The van der Waals surface area contributed by atoms with Gasteiger partial charge in [-0.15, -0.1) is 0 Å². The number of aromatic nitrogens is 2. The average Bonchev–Trinajstić information content (AvgIpc) is 1.72. The number of hydrogen-bond acceptors (Lipinski definition) is 12. The molecule has 0 radical (unpaired) electrons. The molecule has 4 saturated carbocycles. The number of Topliss-reactive ketones (excluding diaryl/α,β-unsaturated/α-hetero) is 1. The molecule has 10 rings (SSSR count). The number of ketones is 1. The van der Waals surface area contributed by atoms with Crippen molar-refractivity contribution in [3.63, 3.8) is 0 Å². The molecule has 1 aliphatic heterocycles. The Bertz CT molecular complexity index is 3450. The van der Waals surface area contributed by atoms with Gasteiger partial charge < -0.3 is 60.4 Å². The van der Waals surface area contributed by atoms with Crippen LogP contribution in [0.1, 0.15) is 256 Å². The van der Waals surface area contributed by atoms with Gasteiger partial charge in [0.05, 0.1) is 50.3 Å². The van der Waals surface area contributed by atoms with Gasteiger partial charge in [-0.2, -0.15) is 5.10 Å². The fraction of sp³-hybridized carbons (Fsp3) is 0.600. The van der Waals surface area contributed by atoms with Crippen molar-refractivity contribution in [2.45, 2.75) is 263 Å². The molecule has 3 amide bonds. The smallest absolute Gasteiger partial charge is 0.506 e. The van der Waals surface area contributed by atoms with Gasteiger partial charge in [-0.1, -0.05) is 163 Å². The van der Waals surface area contributed by atoms with Crippen LogP contribution in [0.3, 0.4) is 0 Å². The second kappa shape index (κ2) is 41.2. The topological polar surface area (TPSA) is 227 Å². The zero-order valence-electron chi connectivity index (χ0n) is 64.3. The number of aromatic hydroxyl groups is 1. The molecule has 0 unspecified atom stereocenters. The maximum Gasteiger partial charge on any atom is 2.00 e. The van der Waals surface area contributed by atoms with E-state index < -0.39 is 50.3 Å². The summed E-state index contributed by atoms with van der Waals surface area (Å²) in [5.74, 6) is -0.0961. The fourth-order valence-electron chi connectivity index (χ4n) is 12.8. The first-order chi connectivity index (χ1) is 43.8. The first-order valence-corrected chi connectivity index (χ1v) is 35.2. The summed E-state index contributed by atoms with van der Waals surface area (Å²) in [6.45, 7) is 34.3. The van der Waals surface area contributed by atoms with Gasteiger partial charge in [0.15, 0.2) is 5.75 Å². The van der Waals surface area contributed by atoms with Crippen molar-refractivity contribution in [1.82, 2.24) is 14.8 Å². The van der Waals surface area contributed by atoms with Crippen LogP contribution in [0.25, 0.3) is 16.7 Å². The molecule has 0 atom stereocenters. The summed E-state index contributed by atoms with van der Waals surface area (Å²) >= 11 is 0. The molecule has 0 saturated heterocycles. The molecule has 5 aliphatic carbocycles. The van der Waals surface area contributed by atoms with Crippen molar-refractivity contribution in [2.75, 3.05) is 46.6 Å². The minimum atomic E-state index is -0.938. The predicted octanol–water partition coefficient (Wildman–Crippen LogP) is 18.0. The average molecular weight is 1460 g/mol. The third-order valence-electron chi connectivity index (χ3n) is 19.9. The molecular weight excluding hydrogens is 1330 g/mol. The summed E-state index contributed by atoms with van der Waals surface area (Å²) < 4.78 is 1.37. The third kappa shape index (κ3) is 23.8. The number of nitrogens with one attached hydrogen (secondary N) is 3. The number of aliphatic hydroxyl groups is 1. The van der Waals surface area contributed by atoms with Crippen LogP contribution in [-0.4, -0.2) is 85.9 Å². The number of benzene rings is 2. The number of anilines is 4. The number of carbonyl (C=O) groups excluding carboxylic acids is 4. The molecule has 1 aromatic heterocycles. The molecule has 0 spiro atoms. The summed E-state index contributed by atoms with van der Waals surface area (Å²) in [6.07, 6.45) is 29.7. The van der Waals surface area contributed by atoms with E-state index in [1.165, 1.54) is 137 Å². The number of rotatable bonds is 18. The van der Waals surface area contributed by atoms with E-state index in [1.54, 1.807) is 19.9 Å². The molecule has 19 heteroatoms. The van der Waals surface area contributed by atoms with E-state index in [9.17, 15) is 43.8 Å². The largest absolute Gasteiger partial charge is 2.00 e. The van der Waals surface area contributed by atoms with E-state index in [2.05, 4.69) is 63.5 Å². The predicted molar refractivity (Wildman–Crippen MR) is 407 cm³/mol. The zero-order chi connectivity index (χ0) is 68.8. The normalized spacial score (nSPS) is 16.7. The summed E-state index contributed by atoms with van der Waals surface area (Å²) in [7, 11) is 0. The Morgan fingerprint density at radius 3 is 1.39 bits per heavy atom. The van der Waals surface area contributed by atoms with Gasteiger partial charge in [0.2, 0.25) is 23.0 Å². The molecule has 6 aliphatic rings. The molecule has 0 bridgehead atoms. The SMILES string of the molecule is C1CCCC1.C1CCCC1.CCN(CCC1CCCC1)c1ccc(C2=C(O)C(=C3C(=O)N(C(C)(C)C)N=C3C)C2=O)c(NC(=O)C(C)(C)CC)c1.CCN(CCC1CCCC1)c1cccc(NC(=O)C(C)(C)CC)c1.Cc1[nH]n(C(C)(C)C)c(=O)c1-c1c(O)c(=O)c1=O.[CH3-].[CH3-].[CH3-].[CH3-].[Fe+2].[Fe+2]. The number of nitrogens with zero attached hydrogens (tertiary/aromatic N) is 5. The monoisotopic (exact) mass is 1450 g/mol. The van der Waals surface area contributed by atoms with Gasteiger partial charge in [-0.25, -0.2) is 9.69 Å². The second-order valence-electron chi connectivity index (χ2n) is 29.8. The summed E-state index contributed by atoms with van der Waals surface area (Å²) in [5.41, 5.74) is 0.799. The van der Waals surface area contributed by atoms with E-state index in [0.717, 1.165) is 62.2 Å². The first-order valence-electron chi connectivity index (χ1n) is 35.2. The Hall–Kier alpha value is -6.00. The number of hydrazone groups is 1. The maximum absolute atomic E-state index is 13.6. The van der Waals surface area contributed by atoms with Gasteiger partial charge in [0.1, 0.15) is 5.76 Å². The molecule has 2 heterocycles. The van der Waals surface area contributed by atoms with Crippen molar-refractivity contribution >= 4 is 57.5 Å². The van der Waals surface area contributed by atoms with E-state index in [-0.39, 0.29) is 115 Å². The van der Waals surface area contributed by atoms with Crippen molar-refractivity contribution in [1.29, 1.82) is 0 Å². The maximum atomic E-state index is 13.6. The summed E-state index contributed by atoms with van der Waals surface area (Å²) in [4.78, 5) is 91.8. The molecule has 5 N–H and O–H groups in total. The number of aliphatic hydroxyl groups excluding tert-OH is 1. The summed E-state index contributed by atoms with van der Waals surface area (Å²) in [5, 5.41) is 35.3. The van der Waals surface area contributed by atoms with Crippen molar-refractivity contribution in [3.8, 4) is 16.9 Å². The number of aromatic amines is 1. The number of allylic oxidation sites excluding steroid dienone is 2. The van der Waals surface area contributed by atoms with Crippen LogP contribution in [0.2, 0.25) is 0 Å². The van der Waals surface area contributed by atoms with Crippen LogP contribution in [0.15, 0.2) is 78.9 Å². The fourth-order valence-corrected chi connectivity index (χ4v) is 12.8. The van der Waals surface area contributed by atoms with Crippen LogP contribution < -0.4 is 36.9 Å². The molecule has 4 aromatic rings. The number of amides is 3. The minimum absolute atomic E-state index is 0. The van der Waals surface area contributed by atoms with Crippen LogP contribution in [0.5, 0.6) is 5.75 Å². The Labute approximate surface area is 617 Å². The molecule has 17 nitrogen and oxygen atoms in total. The molecule has 3 aromatic carbocycles. The van der Waals surface area contributed by atoms with Gasteiger partial charge >= 0.3 is 34.1 Å². The number of aryl methyl sites for hydroxylation is 1. The third-order valence-corrected chi connectivity index (χ3v) is 19.9. The quantitative estimate of drug-likeness (QED) is 0.0272. The molecule has 99 heavy (non-hydrogen) atoms. The van der Waals surface area contributed by atoms with Gasteiger partial charge in [0.25, 0.3) is 16.9 Å². The van der Waals surface area contributed by atoms with Crippen molar-refractivity contribution in [3.05, 3.63) is 131 Å². The van der Waals surface area contributed by atoms with Gasteiger partial charge in [-0.05, 0) is 143 Å². The zero-order valence-corrected chi connectivity index (χ0v) is 66.5. The summed E-state index contributed by atoms with van der Waals surface area (Å²) in [6, 6.07) is 13.9. The van der Waals surface area contributed by atoms with Gasteiger partial charge in [0, 0.05) is 65.3 Å². The second-order valence-corrected chi connectivity index (χ2v) is 29.8.